The van der Waals surface area contributed by atoms with E-state index in [-0.39, 0.29) is 16.4 Å². The van der Waals surface area contributed by atoms with Gasteiger partial charge >= 0.3 is 5.97 Å². The first-order valence-electron chi connectivity index (χ1n) is 15.6. The SMILES string of the molecule is C[C@H]1C[C@@](COC(=O)C(C)(C)C)(c2ccccc2)C[C@@H]1C[Si](C)(C)O[Si](c1ccccc1)(c1ccccc1)C(C)(C)C. The summed E-state index contributed by atoms with van der Waals surface area (Å²) in [6.45, 7) is 20.6. The molecule has 3 atom stereocenters. The monoisotopic (exact) mass is 600 g/mol. The van der Waals surface area contributed by atoms with Gasteiger partial charge in [0.25, 0.3) is 8.32 Å². The maximum atomic E-state index is 12.9. The summed E-state index contributed by atoms with van der Waals surface area (Å²) in [6, 6.07) is 33.9. The Hall–Kier alpha value is -2.48. The van der Waals surface area contributed by atoms with Gasteiger partial charge < -0.3 is 8.85 Å². The molecule has 3 nitrogen and oxygen atoms in total. The van der Waals surface area contributed by atoms with Crippen LogP contribution in [0, 0.1) is 17.3 Å². The fourth-order valence-corrected chi connectivity index (χ4v) is 18.2. The molecule has 3 aromatic rings. The van der Waals surface area contributed by atoms with Crippen LogP contribution in [-0.2, 0) is 19.1 Å². The molecule has 0 spiro atoms. The Labute approximate surface area is 257 Å². The number of esters is 1. The maximum absolute atomic E-state index is 12.9. The van der Waals surface area contributed by atoms with Crippen LogP contribution < -0.4 is 10.4 Å². The Kier molecular flexibility index (Phi) is 9.47. The topological polar surface area (TPSA) is 35.5 Å². The molecule has 226 valence electrons. The minimum absolute atomic E-state index is 0.0454. The number of hydrogen-bond acceptors (Lipinski definition) is 3. The molecule has 1 saturated carbocycles. The van der Waals surface area contributed by atoms with E-state index in [4.69, 9.17) is 8.85 Å². The second-order valence-electron chi connectivity index (χ2n) is 15.3. The average molecular weight is 601 g/mol. The van der Waals surface area contributed by atoms with Crippen LogP contribution in [0.3, 0.4) is 0 Å². The molecule has 42 heavy (non-hydrogen) atoms. The molecule has 3 aromatic carbocycles. The summed E-state index contributed by atoms with van der Waals surface area (Å²) in [5.41, 5.74) is 0.599. The van der Waals surface area contributed by atoms with Crippen LogP contribution in [0.1, 0.15) is 66.9 Å². The predicted molar refractivity (Wildman–Crippen MR) is 181 cm³/mol. The van der Waals surface area contributed by atoms with Crippen LogP contribution in [0.5, 0.6) is 0 Å². The Morgan fingerprint density at radius 1 is 0.786 bits per heavy atom. The van der Waals surface area contributed by atoms with E-state index in [1.54, 1.807) is 0 Å². The summed E-state index contributed by atoms with van der Waals surface area (Å²) in [7, 11) is -4.84. The Morgan fingerprint density at radius 3 is 1.71 bits per heavy atom. The largest absolute Gasteiger partial charge is 0.464 e. The predicted octanol–water partition coefficient (Wildman–Crippen LogP) is 8.34. The molecule has 5 heteroatoms. The standard InChI is InChI=1S/C37H52O3Si2/c1-29-25-37(31-19-13-10-14-20-31,28-39-34(38)35(2,3)4)26-30(29)27-41(8,9)40-42(36(5,6)7,32-21-15-11-16-22-32)33-23-17-12-18-24-33/h10-24,29-30H,25-28H2,1-9H3/t29-,30+,37+/m0/s1. The third kappa shape index (κ3) is 6.84. The number of ether oxygens (including phenoxy) is 1. The van der Waals surface area contributed by atoms with E-state index < -0.39 is 22.0 Å². The molecule has 0 radical (unpaired) electrons. The first-order chi connectivity index (χ1) is 19.6. The van der Waals surface area contributed by atoms with Crippen LogP contribution in [-0.4, -0.2) is 29.2 Å². The van der Waals surface area contributed by atoms with E-state index in [0.29, 0.717) is 18.4 Å². The van der Waals surface area contributed by atoms with E-state index in [1.807, 2.05) is 20.8 Å². The molecule has 0 aromatic heterocycles. The second kappa shape index (κ2) is 12.3. The normalized spacial score (nSPS) is 21.7. The van der Waals surface area contributed by atoms with Crippen molar-refractivity contribution in [1.29, 1.82) is 0 Å². The minimum atomic E-state index is -2.64. The highest BCUT2D eigenvalue weighted by Crippen LogP contribution is 2.51. The first kappa shape index (κ1) is 32.4. The highest BCUT2D eigenvalue weighted by molar-refractivity contribution is 7.04. The van der Waals surface area contributed by atoms with Gasteiger partial charge in [-0.3, -0.25) is 4.79 Å². The van der Waals surface area contributed by atoms with Crippen molar-refractivity contribution >= 4 is 33.0 Å². The lowest BCUT2D eigenvalue weighted by Gasteiger charge is -2.48. The second-order valence-corrected chi connectivity index (χ2v) is 24.1. The van der Waals surface area contributed by atoms with Crippen LogP contribution in [0.4, 0.5) is 0 Å². The smallest absolute Gasteiger partial charge is 0.311 e. The van der Waals surface area contributed by atoms with Gasteiger partial charge in [-0.2, -0.15) is 0 Å². The number of carbonyl (C=O) groups is 1. The van der Waals surface area contributed by atoms with Crippen LogP contribution in [0.25, 0.3) is 0 Å². The van der Waals surface area contributed by atoms with Crippen molar-refractivity contribution in [1.82, 2.24) is 0 Å². The molecule has 1 aliphatic carbocycles. The van der Waals surface area contributed by atoms with Crippen molar-refractivity contribution in [3.63, 3.8) is 0 Å². The van der Waals surface area contributed by atoms with Gasteiger partial charge in [0.15, 0.2) is 8.32 Å². The van der Waals surface area contributed by atoms with Gasteiger partial charge in [-0.1, -0.05) is 119 Å². The summed E-state index contributed by atoms with van der Waals surface area (Å²) in [6.07, 6.45) is 2.03. The lowest BCUT2D eigenvalue weighted by molar-refractivity contribution is -0.155. The molecule has 0 heterocycles. The molecule has 0 aliphatic heterocycles. The van der Waals surface area contributed by atoms with Crippen molar-refractivity contribution in [3.05, 3.63) is 96.6 Å². The molecular weight excluding hydrogens is 549 g/mol. The molecule has 0 unspecified atom stereocenters. The summed E-state index contributed by atoms with van der Waals surface area (Å²) < 4.78 is 13.8. The minimum Gasteiger partial charge on any atom is -0.464 e. The summed E-state index contributed by atoms with van der Waals surface area (Å²) in [5, 5.41) is 2.64. The molecular formula is C37H52O3Si2. The lowest BCUT2D eigenvalue weighted by atomic mass is 9.78. The van der Waals surface area contributed by atoms with Gasteiger partial charge in [-0.15, -0.1) is 0 Å². The number of benzene rings is 3. The Morgan fingerprint density at radius 2 is 1.26 bits per heavy atom. The zero-order chi connectivity index (χ0) is 30.8. The Bertz CT molecular complexity index is 1270. The third-order valence-corrected chi connectivity index (χ3v) is 18.6. The lowest BCUT2D eigenvalue weighted by Crippen LogP contribution is -2.70. The van der Waals surface area contributed by atoms with Crippen LogP contribution in [0.15, 0.2) is 91.0 Å². The van der Waals surface area contributed by atoms with Gasteiger partial charge in [-0.05, 0) is 85.6 Å². The van der Waals surface area contributed by atoms with Crippen LogP contribution in [0.2, 0.25) is 24.2 Å². The maximum Gasteiger partial charge on any atom is 0.311 e. The summed E-state index contributed by atoms with van der Waals surface area (Å²) >= 11 is 0. The van der Waals surface area contributed by atoms with E-state index in [2.05, 4.69) is 132 Å². The first-order valence-corrected chi connectivity index (χ1v) is 20.7. The molecule has 0 saturated heterocycles. The zero-order valence-corrected chi connectivity index (χ0v) is 29.4. The zero-order valence-electron chi connectivity index (χ0n) is 27.4. The van der Waals surface area contributed by atoms with Gasteiger partial charge in [-0.25, -0.2) is 0 Å². The number of hydrogen-bond donors (Lipinski definition) is 0. The van der Waals surface area contributed by atoms with Crippen molar-refractivity contribution in [3.8, 4) is 0 Å². The third-order valence-electron chi connectivity index (χ3n) is 9.25. The van der Waals surface area contributed by atoms with E-state index in [0.717, 1.165) is 18.9 Å². The van der Waals surface area contributed by atoms with E-state index in [9.17, 15) is 4.79 Å². The van der Waals surface area contributed by atoms with Crippen molar-refractivity contribution < 1.29 is 13.6 Å². The number of carbonyl (C=O) groups excluding carboxylic acids is 1. The summed E-state index contributed by atoms with van der Waals surface area (Å²) in [5.74, 6) is 0.880. The van der Waals surface area contributed by atoms with Gasteiger partial charge in [0.2, 0.25) is 0 Å². The quantitative estimate of drug-likeness (QED) is 0.183. The van der Waals surface area contributed by atoms with Crippen LogP contribution >= 0.6 is 0 Å². The average Bonchev–Trinajstić information content (AvgIpc) is 3.25. The summed E-state index contributed by atoms with van der Waals surface area (Å²) in [4.78, 5) is 12.9. The molecule has 0 amide bonds. The fourth-order valence-electron chi connectivity index (χ4n) is 7.23. The molecule has 0 N–H and O–H groups in total. The highest BCUT2D eigenvalue weighted by atomic mass is 28.4. The van der Waals surface area contributed by atoms with Crippen molar-refractivity contribution in [2.75, 3.05) is 6.61 Å². The molecule has 1 aliphatic rings. The van der Waals surface area contributed by atoms with E-state index in [1.165, 1.54) is 15.9 Å². The van der Waals surface area contributed by atoms with Gasteiger partial charge in [0.05, 0.1) is 5.41 Å². The van der Waals surface area contributed by atoms with Gasteiger partial charge in [0, 0.05) is 5.41 Å². The molecule has 0 bridgehead atoms. The molecule has 1 fully saturated rings. The number of rotatable bonds is 9. The highest BCUT2D eigenvalue weighted by Gasteiger charge is 2.54. The van der Waals surface area contributed by atoms with E-state index >= 15 is 0 Å². The fraction of sp³-hybridized carbons (Fsp3) is 0.486. The van der Waals surface area contributed by atoms with Crippen molar-refractivity contribution in [2.24, 2.45) is 17.3 Å². The Balaban J connectivity index is 1.67. The molecule has 4 rings (SSSR count). The van der Waals surface area contributed by atoms with Crippen molar-refractivity contribution in [2.45, 2.75) is 90.9 Å². The van der Waals surface area contributed by atoms with Gasteiger partial charge in [0.1, 0.15) is 6.61 Å².